The van der Waals surface area contributed by atoms with E-state index >= 15 is 0 Å². The van der Waals surface area contributed by atoms with Gasteiger partial charge >= 0.3 is 0 Å². The number of tetrazole rings is 1. The van der Waals surface area contributed by atoms with Crippen LogP contribution in [0.3, 0.4) is 0 Å². The number of carbonyl (C=O) groups is 1. The molecule has 0 fully saturated rings. The first-order chi connectivity index (χ1) is 13.7. The summed E-state index contributed by atoms with van der Waals surface area (Å²) in [6, 6.07) is 14.1. The van der Waals surface area contributed by atoms with Crippen LogP contribution in [0.1, 0.15) is 16.7 Å². The standard InChI is InChI=1S/C20H21N5O2S/c1-14-7-8-18(27-2)17(11-14)25-20(21-22-23-25)28-13-19(26)24-10-9-15-5-3-4-6-16(15)12-24/h3-8,11H,9-10,12-13H2,1-2H3. The molecule has 2 heterocycles. The SMILES string of the molecule is COc1ccc(C)cc1-n1nnnc1SCC(=O)N1CCc2ccccc2C1. The molecule has 8 heteroatoms. The van der Waals surface area contributed by atoms with Crippen molar-refractivity contribution < 1.29 is 9.53 Å². The molecule has 0 saturated carbocycles. The Kier molecular flexibility index (Phi) is 5.29. The number of hydrogen-bond acceptors (Lipinski definition) is 6. The van der Waals surface area contributed by atoms with E-state index in [4.69, 9.17) is 4.74 Å². The van der Waals surface area contributed by atoms with Crippen LogP contribution < -0.4 is 4.74 Å². The molecule has 0 spiro atoms. The van der Waals surface area contributed by atoms with Crippen LogP contribution in [0.5, 0.6) is 5.75 Å². The van der Waals surface area contributed by atoms with E-state index in [0.717, 1.165) is 24.2 Å². The minimum absolute atomic E-state index is 0.0882. The van der Waals surface area contributed by atoms with Crippen LogP contribution in [-0.2, 0) is 17.8 Å². The van der Waals surface area contributed by atoms with Gasteiger partial charge in [0.2, 0.25) is 11.1 Å². The molecule has 0 radical (unpaired) electrons. The fraction of sp³-hybridized carbons (Fsp3) is 0.300. The molecule has 7 nitrogen and oxygen atoms in total. The highest BCUT2D eigenvalue weighted by Crippen LogP contribution is 2.27. The van der Waals surface area contributed by atoms with Gasteiger partial charge in [-0.05, 0) is 52.6 Å². The molecule has 1 amide bonds. The highest BCUT2D eigenvalue weighted by Gasteiger charge is 2.22. The molecule has 28 heavy (non-hydrogen) atoms. The molecule has 4 rings (SSSR count). The lowest BCUT2D eigenvalue weighted by molar-refractivity contribution is -0.129. The highest BCUT2D eigenvalue weighted by atomic mass is 32.2. The molecule has 0 saturated heterocycles. The van der Waals surface area contributed by atoms with E-state index < -0.39 is 0 Å². The molecule has 3 aromatic rings. The van der Waals surface area contributed by atoms with Gasteiger partial charge in [0.05, 0.1) is 12.9 Å². The molecule has 0 N–H and O–H groups in total. The lowest BCUT2D eigenvalue weighted by atomic mass is 10.00. The number of aryl methyl sites for hydroxylation is 1. The topological polar surface area (TPSA) is 73.1 Å². The summed E-state index contributed by atoms with van der Waals surface area (Å²) in [4.78, 5) is 14.6. The van der Waals surface area contributed by atoms with Gasteiger partial charge in [0.1, 0.15) is 11.4 Å². The summed E-state index contributed by atoms with van der Waals surface area (Å²) in [7, 11) is 1.61. The minimum atomic E-state index is 0.0882. The van der Waals surface area contributed by atoms with Crippen LogP contribution in [0.15, 0.2) is 47.6 Å². The summed E-state index contributed by atoms with van der Waals surface area (Å²) in [5.41, 5.74) is 4.38. The fourth-order valence-electron chi connectivity index (χ4n) is 3.31. The van der Waals surface area contributed by atoms with E-state index in [1.807, 2.05) is 42.2 Å². The van der Waals surface area contributed by atoms with E-state index in [2.05, 4.69) is 27.7 Å². The van der Waals surface area contributed by atoms with Gasteiger partial charge in [-0.2, -0.15) is 4.68 Å². The molecule has 0 aliphatic carbocycles. The summed E-state index contributed by atoms with van der Waals surface area (Å²) in [5, 5.41) is 12.5. The second kappa shape index (κ2) is 8.02. The van der Waals surface area contributed by atoms with Gasteiger partial charge in [-0.3, -0.25) is 4.79 Å². The van der Waals surface area contributed by atoms with Gasteiger partial charge < -0.3 is 9.64 Å². The van der Waals surface area contributed by atoms with E-state index in [0.29, 0.717) is 17.5 Å². The quantitative estimate of drug-likeness (QED) is 0.619. The molecule has 1 aliphatic heterocycles. The number of benzene rings is 2. The van der Waals surface area contributed by atoms with Gasteiger partial charge in [0.25, 0.3) is 0 Å². The minimum Gasteiger partial charge on any atom is -0.494 e. The third-order valence-corrected chi connectivity index (χ3v) is 5.72. The zero-order chi connectivity index (χ0) is 19.5. The Hall–Kier alpha value is -2.87. The van der Waals surface area contributed by atoms with Gasteiger partial charge in [0.15, 0.2) is 0 Å². The van der Waals surface area contributed by atoms with Crippen LogP contribution >= 0.6 is 11.8 Å². The monoisotopic (exact) mass is 395 g/mol. The second-order valence-corrected chi connectivity index (χ2v) is 7.61. The van der Waals surface area contributed by atoms with Crippen LogP contribution in [0.4, 0.5) is 0 Å². The maximum absolute atomic E-state index is 12.7. The molecule has 1 aliphatic rings. The number of aromatic nitrogens is 4. The third-order valence-electron chi connectivity index (χ3n) is 4.81. The first kappa shape index (κ1) is 18.5. The van der Waals surface area contributed by atoms with Gasteiger partial charge in [0, 0.05) is 13.1 Å². The van der Waals surface area contributed by atoms with Crippen LogP contribution in [0, 0.1) is 6.92 Å². The number of carbonyl (C=O) groups excluding carboxylic acids is 1. The van der Waals surface area contributed by atoms with Crippen molar-refractivity contribution in [1.82, 2.24) is 25.1 Å². The van der Waals surface area contributed by atoms with Gasteiger partial charge in [-0.15, -0.1) is 5.10 Å². The van der Waals surface area contributed by atoms with Crippen molar-refractivity contribution in [2.75, 3.05) is 19.4 Å². The molecule has 1 aromatic heterocycles. The van der Waals surface area contributed by atoms with Crippen molar-refractivity contribution in [2.24, 2.45) is 0 Å². The Labute approximate surface area is 167 Å². The lowest BCUT2D eigenvalue weighted by Crippen LogP contribution is -2.37. The first-order valence-corrected chi connectivity index (χ1v) is 10.0. The maximum Gasteiger partial charge on any atom is 0.233 e. The predicted molar refractivity (Wildman–Crippen MR) is 107 cm³/mol. The molecule has 0 atom stereocenters. The Morgan fingerprint density at radius 2 is 2.04 bits per heavy atom. The van der Waals surface area contributed by atoms with Crippen molar-refractivity contribution in [1.29, 1.82) is 0 Å². The van der Waals surface area contributed by atoms with Crippen molar-refractivity contribution in [3.05, 3.63) is 59.2 Å². The van der Waals surface area contributed by atoms with Crippen LogP contribution in [-0.4, -0.2) is 50.4 Å². The lowest BCUT2D eigenvalue weighted by Gasteiger charge is -2.28. The fourth-order valence-corrected chi connectivity index (χ4v) is 4.10. The van der Waals surface area contributed by atoms with Crippen LogP contribution in [0.25, 0.3) is 5.69 Å². The van der Waals surface area contributed by atoms with Crippen molar-refractivity contribution in [2.45, 2.75) is 25.0 Å². The van der Waals surface area contributed by atoms with E-state index in [-0.39, 0.29) is 11.7 Å². The third kappa shape index (κ3) is 3.73. The molecular weight excluding hydrogens is 374 g/mol. The van der Waals surface area contributed by atoms with Crippen molar-refractivity contribution in [3.63, 3.8) is 0 Å². The zero-order valence-corrected chi connectivity index (χ0v) is 16.6. The second-order valence-electron chi connectivity index (χ2n) is 6.67. The summed E-state index contributed by atoms with van der Waals surface area (Å²) < 4.78 is 7.05. The molecule has 0 bridgehead atoms. The Balaban J connectivity index is 1.46. The van der Waals surface area contributed by atoms with Crippen molar-refractivity contribution in [3.8, 4) is 11.4 Å². The summed E-state index contributed by atoms with van der Waals surface area (Å²) >= 11 is 1.34. The van der Waals surface area contributed by atoms with E-state index in [1.54, 1.807) is 11.8 Å². The molecule has 0 unspecified atom stereocenters. The summed E-state index contributed by atoms with van der Waals surface area (Å²) in [6.45, 7) is 3.40. The number of fused-ring (bicyclic) bond motifs is 1. The molecular formula is C20H21N5O2S. The predicted octanol–water partition coefficient (Wildman–Crippen LogP) is 2.66. The number of thioether (sulfide) groups is 1. The maximum atomic E-state index is 12.7. The zero-order valence-electron chi connectivity index (χ0n) is 15.8. The summed E-state index contributed by atoms with van der Waals surface area (Å²) in [6.07, 6.45) is 0.894. The average Bonchev–Trinajstić information content (AvgIpc) is 3.20. The summed E-state index contributed by atoms with van der Waals surface area (Å²) in [5.74, 6) is 1.06. The van der Waals surface area contributed by atoms with Gasteiger partial charge in [-0.1, -0.05) is 42.1 Å². The number of hydrogen-bond donors (Lipinski definition) is 0. The Bertz CT molecular complexity index is 1000. The number of rotatable bonds is 5. The Morgan fingerprint density at radius 1 is 1.21 bits per heavy atom. The van der Waals surface area contributed by atoms with E-state index in [1.165, 1.54) is 22.9 Å². The Morgan fingerprint density at radius 3 is 2.86 bits per heavy atom. The van der Waals surface area contributed by atoms with Gasteiger partial charge in [-0.25, -0.2) is 0 Å². The number of amides is 1. The first-order valence-electron chi connectivity index (χ1n) is 9.06. The average molecular weight is 395 g/mol. The smallest absolute Gasteiger partial charge is 0.233 e. The molecule has 2 aromatic carbocycles. The van der Waals surface area contributed by atoms with Crippen LogP contribution in [0.2, 0.25) is 0 Å². The normalized spacial score (nSPS) is 13.3. The number of ether oxygens (including phenoxy) is 1. The molecule has 144 valence electrons. The van der Waals surface area contributed by atoms with Crippen molar-refractivity contribution >= 4 is 17.7 Å². The largest absolute Gasteiger partial charge is 0.494 e. The van der Waals surface area contributed by atoms with E-state index in [9.17, 15) is 4.79 Å². The number of nitrogens with zero attached hydrogens (tertiary/aromatic N) is 5. The highest BCUT2D eigenvalue weighted by molar-refractivity contribution is 7.99. The number of methoxy groups -OCH3 is 1.